The molecule has 1 aliphatic rings. The Labute approximate surface area is 153 Å². The first-order valence-corrected chi connectivity index (χ1v) is 9.78. The predicted octanol–water partition coefficient (Wildman–Crippen LogP) is -0.0239. The highest BCUT2D eigenvalue weighted by Crippen LogP contribution is 2.38. The standard InChI is InChI=1S/C16H17N5O5S/c1-20-12-6-5-10(7-11(12)15(22)21(2)16(20)23)27(24,25)17-8-13-18-14(26-19-13)9-3-4-9/h5-7,9,17H,3-4,8H2,1-2H3. The Kier molecular flexibility index (Phi) is 4.00. The highest BCUT2D eigenvalue weighted by atomic mass is 32.2. The molecule has 0 amide bonds. The molecule has 2 aromatic heterocycles. The van der Waals surface area contributed by atoms with E-state index in [1.807, 2.05) is 0 Å². The average molecular weight is 391 g/mol. The van der Waals surface area contributed by atoms with Crippen LogP contribution in [0.4, 0.5) is 0 Å². The molecule has 0 atom stereocenters. The molecular weight excluding hydrogens is 374 g/mol. The van der Waals surface area contributed by atoms with Gasteiger partial charge in [0.1, 0.15) is 0 Å². The molecule has 2 heterocycles. The highest BCUT2D eigenvalue weighted by Gasteiger charge is 2.29. The van der Waals surface area contributed by atoms with E-state index in [9.17, 15) is 18.0 Å². The van der Waals surface area contributed by atoms with E-state index < -0.39 is 21.3 Å². The minimum atomic E-state index is -3.91. The number of hydrogen-bond donors (Lipinski definition) is 1. The molecule has 11 heteroatoms. The lowest BCUT2D eigenvalue weighted by Gasteiger charge is -2.09. The zero-order valence-corrected chi connectivity index (χ0v) is 15.5. The van der Waals surface area contributed by atoms with E-state index in [2.05, 4.69) is 14.9 Å². The van der Waals surface area contributed by atoms with Gasteiger partial charge in [0.25, 0.3) is 5.56 Å². The topological polar surface area (TPSA) is 129 Å². The van der Waals surface area contributed by atoms with E-state index >= 15 is 0 Å². The molecule has 3 aromatic rings. The maximum atomic E-state index is 12.6. The van der Waals surface area contributed by atoms with Gasteiger partial charge in [-0.3, -0.25) is 13.9 Å². The summed E-state index contributed by atoms with van der Waals surface area (Å²) in [5.41, 5.74) is -0.684. The van der Waals surface area contributed by atoms with Crippen molar-refractivity contribution in [3.63, 3.8) is 0 Å². The number of nitrogens with one attached hydrogen (secondary N) is 1. The molecule has 0 spiro atoms. The third-order valence-electron chi connectivity index (χ3n) is 4.58. The summed E-state index contributed by atoms with van der Waals surface area (Å²) in [5, 5.41) is 3.90. The zero-order chi connectivity index (χ0) is 19.3. The first-order valence-electron chi connectivity index (χ1n) is 8.30. The summed E-state index contributed by atoms with van der Waals surface area (Å²) in [6, 6.07) is 4.03. The Morgan fingerprint density at radius 1 is 1.22 bits per heavy atom. The molecule has 0 saturated heterocycles. The Morgan fingerprint density at radius 3 is 2.67 bits per heavy atom. The zero-order valence-electron chi connectivity index (χ0n) is 14.7. The van der Waals surface area contributed by atoms with Crippen molar-refractivity contribution in [2.75, 3.05) is 0 Å². The third-order valence-corrected chi connectivity index (χ3v) is 5.98. The van der Waals surface area contributed by atoms with Crippen molar-refractivity contribution in [2.45, 2.75) is 30.2 Å². The van der Waals surface area contributed by atoms with Crippen LogP contribution in [0.2, 0.25) is 0 Å². The fraction of sp³-hybridized carbons (Fsp3) is 0.375. The maximum absolute atomic E-state index is 12.6. The van der Waals surface area contributed by atoms with Crippen LogP contribution in [0.25, 0.3) is 10.9 Å². The molecule has 0 radical (unpaired) electrons. The first-order chi connectivity index (χ1) is 12.8. The van der Waals surface area contributed by atoms with E-state index in [1.54, 1.807) is 0 Å². The second kappa shape index (κ2) is 6.13. The second-order valence-electron chi connectivity index (χ2n) is 6.53. The smallest absolute Gasteiger partial charge is 0.330 e. The lowest BCUT2D eigenvalue weighted by atomic mass is 10.2. The van der Waals surface area contributed by atoms with E-state index in [0.717, 1.165) is 17.4 Å². The fourth-order valence-corrected chi connectivity index (χ4v) is 3.83. The molecule has 1 aliphatic carbocycles. The summed E-state index contributed by atoms with van der Waals surface area (Å²) in [4.78, 5) is 28.4. The molecule has 27 heavy (non-hydrogen) atoms. The lowest BCUT2D eigenvalue weighted by molar-refractivity contribution is 0.373. The Hall–Kier alpha value is -2.79. The molecule has 1 saturated carbocycles. The quantitative estimate of drug-likeness (QED) is 0.647. The minimum Gasteiger partial charge on any atom is -0.339 e. The molecule has 1 aromatic carbocycles. The van der Waals surface area contributed by atoms with Gasteiger partial charge in [0.15, 0.2) is 5.82 Å². The van der Waals surface area contributed by atoms with Gasteiger partial charge in [0.2, 0.25) is 15.9 Å². The summed E-state index contributed by atoms with van der Waals surface area (Å²) in [7, 11) is -1.04. The SMILES string of the molecule is Cn1c(=O)c2cc(S(=O)(=O)NCc3noc(C4CC4)n3)ccc2n(C)c1=O. The van der Waals surface area contributed by atoms with Gasteiger partial charge < -0.3 is 4.52 Å². The number of sulfonamides is 1. The summed E-state index contributed by atoms with van der Waals surface area (Å²) in [6.07, 6.45) is 2.00. The van der Waals surface area contributed by atoms with Crippen molar-refractivity contribution in [1.82, 2.24) is 24.0 Å². The van der Waals surface area contributed by atoms with Crippen LogP contribution in [-0.2, 0) is 30.7 Å². The molecule has 0 unspecified atom stereocenters. The van der Waals surface area contributed by atoms with Crippen molar-refractivity contribution in [3.05, 3.63) is 50.8 Å². The summed E-state index contributed by atoms with van der Waals surface area (Å²) < 4.78 is 34.9. The number of benzene rings is 1. The number of aromatic nitrogens is 4. The number of hydrogen-bond acceptors (Lipinski definition) is 7. The first kappa shape index (κ1) is 17.6. The molecular formula is C16H17N5O5S. The second-order valence-corrected chi connectivity index (χ2v) is 8.30. The van der Waals surface area contributed by atoms with Gasteiger partial charge in [-0.15, -0.1) is 0 Å². The van der Waals surface area contributed by atoms with E-state index in [-0.39, 0.29) is 28.6 Å². The van der Waals surface area contributed by atoms with E-state index in [0.29, 0.717) is 11.4 Å². The summed E-state index contributed by atoms with van der Waals surface area (Å²) in [6.45, 7) is -0.123. The van der Waals surface area contributed by atoms with Crippen LogP contribution in [0, 0.1) is 0 Å². The number of rotatable bonds is 5. The van der Waals surface area contributed by atoms with Gasteiger partial charge >= 0.3 is 5.69 Å². The van der Waals surface area contributed by atoms with Crippen molar-refractivity contribution in [3.8, 4) is 0 Å². The van der Waals surface area contributed by atoms with Crippen LogP contribution >= 0.6 is 0 Å². The lowest BCUT2D eigenvalue weighted by Crippen LogP contribution is -2.37. The molecule has 10 nitrogen and oxygen atoms in total. The van der Waals surface area contributed by atoms with Crippen LogP contribution in [0.1, 0.15) is 30.5 Å². The monoisotopic (exact) mass is 391 g/mol. The Morgan fingerprint density at radius 2 is 1.96 bits per heavy atom. The van der Waals surface area contributed by atoms with Gasteiger partial charge in [0, 0.05) is 20.0 Å². The molecule has 1 N–H and O–H groups in total. The summed E-state index contributed by atoms with van der Waals surface area (Å²) in [5.74, 6) is 1.06. The molecule has 4 rings (SSSR count). The van der Waals surface area contributed by atoms with Crippen LogP contribution in [0.3, 0.4) is 0 Å². The van der Waals surface area contributed by atoms with Crippen molar-refractivity contribution < 1.29 is 12.9 Å². The molecule has 0 bridgehead atoms. The van der Waals surface area contributed by atoms with Crippen LogP contribution in [0.5, 0.6) is 0 Å². The summed E-state index contributed by atoms with van der Waals surface area (Å²) >= 11 is 0. The number of aryl methyl sites for hydroxylation is 1. The van der Waals surface area contributed by atoms with Gasteiger partial charge in [-0.05, 0) is 31.0 Å². The largest absolute Gasteiger partial charge is 0.339 e. The Balaban J connectivity index is 1.65. The van der Waals surface area contributed by atoms with Crippen LogP contribution < -0.4 is 16.0 Å². The average Bonchev–Trinajstić information content (AvgIpc) is 3.40. The van der Waals surface area contributed by atoms with Crippen LogP contribution in [0.15, 0.2) is 37.2 Å². The number of nitrogens with zero attached hydrogens (tertiary/aromatic N) is 4. The van der Waals surface area contributed by atoms with Crippen molar-refractivity contribution >= 4 is 20.9 Å². The molecule has 1 fully saturated rings. The molecule has 0 aliphatic heterocycles. The predicted molar refractivity (Wildman–Crippen MR) is 94.7 cm³/mol. The maximum Gasteiger partial charge on any atom is 0.330 e. The van der Waals surface area contributed by atoms with Gasteiger partial charge in [-0.25, -0.2) is 17.9 Å². The van der Waals surface area contributed by atoms with Gasteiger partial charge in [0.05, 0.1) is 22.3 Å². The fourth-order valence-electron chi connectivity index (χ4n) is 2.82. The van der Waals surface area contributed by atoms with Crippen molar-refractivity contribution in [1.29, 1.82) is 0 Å². The van der Waals surface area contributed by atoms with Gasteiger partial charge in [-0.2, -0.15) is 4.98 Å². The van der Waals surface area contributed by atoms with Crippen molar-refractivity contribution in [2.24, 2.45) is 14.1 Å². The van der Waals surface area contributed by atoms with E-state index in [4.69, 9.17) is 4.52 Å². The Bertz CT molecular complexity index is 1270. The van der Waals surface area contributed by atoms with Gasteiger partial charge in [-0.1, -0.05) is 5.16 Å². The normalized spacial score (nSPS) is 14.7. The van der Waals surface area contributed by atoms with E-state index in [1.165, 1.54) is 36.9 Å². The third kappa shape index (κ3) is 3.08. The van der Waals surface area contributed by atoms with Crippen LogP contribution in [-0.4, -0.2) is 27.7 Å². The highest BCUT2D eigenvalue weighted by molar-refractivity contribution is 7.89. The number of fused-ring (bicyclic) bond motifs is 1. The molecule has 142 valence electrons. The minimum absolute atomic E-state index is 0.0864.